The van der Waals surface area contributed by atoms with Crippen molar-refractivity contribution in [3.8, 4) is 0 Å². The molecule has 0 aliphatic heterocycles. The number of rotatable bonds is 8. The number of methoxy groups -OCH3 is 1. The van der Waals surface area contributed by atoms with Gasteiger partial charge < -0.3 is 24.5 Å². The number of nitrogens with one attached hydrogen (secondary N) is 2. The topological polar surface area (TPSA) is 85.1 Å². The van der Waals surface area contributed by atoms with Gasteiger partial charge >= 0.3 is 5.97 Å². The Bertz CT molecular complexity index is 598. The van der Waals surface area contributed by atoms with E-state index < -0.39 is 5.97 Å². The number of hydrogen-bond acceptors (Lipinski definition) is 5. The van der Waals surface area contributed by atoms with E-state index >= 15 is 0 Å². The number of ether oxygens (including phenoxy) is 2. The van der Waals surface area contributed by atoms with Crippen molar-refractivity contribution in [2.45, 2.75) is 58.1 Å². The average Bonchev–Trinajstić information content (AvgIpc) is 3.04. The van der Waals surface area contributed by atoms with E-state index in [1.165, 1.54) is 39.2 Å². The third-order valence-corrected chi connectivity index (χ3v) is 4.55. The van der Waals surface area contributed by atoms with Crippen LogP contribution in [0.25, 0.3) is 0 Å². The minimum absolute atomic E-state index is 0. The van der Waals surface area contributed by atoms with Crippen molar-refractivity contribution in [2.24, 2.45) is 4.99 Å². The lowest BCUT2D eigenvalue weighted by atomic mass is 9.98. The number of nitrogens with zero attached hydrogens (tertiary/aromatic N) is 1. The van der Waals surface area contributed by atoms with E-state index in [-0.39, 0.29) is 24.0 Å². The summed E-state index contributed by atoms with van der Waals surface area (Å²) in [6.07, 6.45) is 7.72. The lowest BCUT2D eigenvalue weighted by Crippen LogP contribution is -2.37. The van der Waals surface area contributed by atoms with E-state index in [0.717, 1.165) is 19.6 Å². The molecule has 2 rings (SSSR count). The predicted octanol–water partition coefficient (Wildman–Crippen LogP) is 3.40. The molecule has 1 saturated carbocycles. The van der Waals surface area contributed by atoms with Crippen molar-refractivity contribution in [2.75, 3.05) is 27.3 Å². The fourth-order valence-corrected chi connectivity index (χ4v) is 3.10. The highest BCUT2D eigenvalue weighted by atomic mass is 127. The second-order valence-electron chi connectivity index (χ2n) is 6.51. The lowest BCUT2D eigenvalue weighted by Gasteiger charge is -2.22. The van der Waals surface area contributed by atoms with Gasteiger partial charge in [-0.25, -0.2) is 4.79 Å². The normalized spacial score (nSPS) is 15.1. The summed E-state index contributed by atoms with van der Waals surface area (Å²) in [6.45, 7) is 3.75. The van der Waals surface area contributed by atoms with Crippen LogP contribution in [0.5, 0.6) is 0 Å². The molecule has 8 heteroatoms. The van der Waals surface area contributed by atoms with Gasteiger partial charge in [-0.05, 0) is 32.3 Å². The number of aryl methyl sites for hydroxylation is 1. The van der Waals surface area contributed by atoms with Gasteiger partial charge in [-0.2, -0.15) is 0 Å². The molecule has 0 bridgehead atoms. The van der Waals surface area contributed by atoms with Gasteiger partial charge in [0, 0.05) is 20.2 Å². The molecule has 0 radical (unpaired) electrons. The molecule has 1 aliphatic carbocycles. The van der Waals surface area contributed by atoms with Crippen LogP contribution in [-0.2, 0) is 16.0 Å². The summed E-state index contributed by atoms with van der Waals surface area (Å²) in [5.74, 6) is 1.51. The molecule has 0 unspecified atom stereocenters. The molecule has 7 nitrogen and oxygen atoms in total. The van der Waals surface area contributed by atoms with E-state index in [0.29, 0.717) is 35.7 Å². The molecule has 1 aliphatic rings. The molecular formula is C19H32IN3O4. The lowest BCUT2D eigenvalue weighted by molar-refractivity contribution is 0.0277. The van der Waals surface area contributed by atoms with Crippen LogP contribution in [0.2, 0.25) is 0 Å². The number of guanidine groups is 1. The van der Waals surface area contributed by atoms with E-state index in [2.05, 4.69) is 15.6 Å². The zero-order valence-electron chi connectivity index (χ0n) is 16.5. The Morgan fingerprint density at radius 1 is 1.30 bits per heavy atom. The van der Waals surface area contributed by atoms with Gasteiger partial charge in [0.2, 0.25) is 0 Å². The van der Waals surface area contributed by atoms with Crippen molar-refractivity contribution in [1.82, 2.24) is 10.6 Å². The number of carbonyl (C=O) groups is 1. The summed E-state index contributed by atoms with van der Waals surface area (Å²) < 4.78 is 16.2. The number of esters is 1. The zero-order valence-corrected chi connectivity index (χ0v) is 18.8. The maximum Gasteiger partial charge on any atom is 0.341 e. The molecule has 1 fully saturated rings. The van der Waals surface area contributed by atoms with Crippen molar-refractivity contribution >= 4 is 35.9 Å². The minimum Gasteiger partial charge on any atom is -0.465 e. The molecule has 1 aromatic rings. The van der Waals surface area contributed by atoms with Gasteiger partial charge in [0.05, 0.1) is 19.8 Å². The molecule has 1 heterocycles. The van der Waals surface area contributed by atoms with Crippen LogP contribution in [0, 0.1) is 6.92 Å². The Balaban J connectivity index is 0.00000364. The molecular weight excluding hydrogens is 461 g/mol. The highest BCUT2D eigenvalue weighted by molar-refractivity contribution is 14.0. The summed E-state index contributed by atoms with van der Waals surface area (Å²) in [6, 6.07) is 1.69. The first-order valence-corrected chi connectivity index (χ1v) is 9.37. The van der Waals surface area contributed by atoms with Crippen LogP contribution in [0.4, 0.5) is 0 Å². The number of furan rings is 1. The monoisotopic (exact) mass is 493 g/mol. The Labute approximate surface area is 178 Å². The zero-order chi connectivity index (χ0) is 18.8. The Morgan fingerprint density at radius 2 is 2.04 bits per heavy atom. The second-order valence-corrected chi connectivity index (χ2v) is 6.51. The highest BCUT2D eigenvalue weighted by Gasteiger charge is 2.15. The van der Waals surface area contributed by atoms with Crippen LogP contribution in [0.3, 0.4) is 0 Å². The van der Waals surface area contributed by atoms with Crippen LogP contribution in [0.1, 0.15) is 60.4 Å². The van der Waals surface area contributed by atoms with Crippen LogP contribution in [0.15, 0.2) is 15.5 Å². The molecule has 0 atom stereocenters. The number of carbonyl (C=O) groups excluding carboxylic acids is 1. The van der Waals surface area contributed by atoms with Crippen molar-refractivity contribution in [3.05, 3.63) is 23.2 Å². The summed E-state index contributed by atoms with van der Waals surface area (Å²) in [4.78, 5) is 15.8. The molecule has 2 N–H and O–H groups in total. The van der Waals surface area contributed by atoms with Crippen LogP contribution < -0.4 is 10.6 Å². The van der Waals surface area contributed by atoms with Gasteiger partial charge in [0.1, 0.15) is 17.1 Å². The van der Waals surface area contributed by atoms with E-state index in [1.807, 2.05) is 0 Å². The first kappa shape index (κ1) is 23.7. The van der Waals surface area contributed by atoms with Gasteiger partial charge in [0.15, 0.2) is 5.96 Å². The number of aliphatic imine (C=N–C) groups is 1. The highest BCUT2D eigenvalue weighted by Crippen LogP contribution is 2.20. The van der Waals surface area contributed by atoms with Gasteiger partial charge in [0.25, 0.3) is 0 Å². The molecule has 0 saturated heterocycles. The first-order chi connectivity index (χ1) is 12.6. The van der Waals surface area contributed by atoms with Crippen molar-refractivity contribution in [1.29, 1.82) is 0 Å². The Kier molecular flexibility index (Phi) is 11.4. The Hall–Kier alpha value is -1.29. The summed E-state index contributed by atoms with van der Waals surface area (Å²) in [5.41, 5.74) is 0.451. The fraction of sp³-hybridized carbons (Fsp3) is 0.684. The third-order valence-electron chi connectivity index (χ3n) is 4.55. The van der Waals surface area contributed by atoms with Gasteiger partial charge in [-0.3, -0.25) is 4.99 Å². The summed E-state index contributed by atoms with van der Waals surface area (Å²) in [7, 11) is 3.08. The van der Waals surface area contributed by atoms with Crippen LogP contribution >= 0.6 is 24.0 Å². The van der Waals surface area contributed by atoms with E-state index in [1.54, 1.807) is 20.0 Å². The van der Waals surface area contributed by atoms with Gasteiger partial charge in [-0.1, -0.05) is 19.3 Å². The fourth-order valence-electron chi connectivity index (χ4n) is 3.10. The maximum atomic E-state index is 11.6. The molecule has 0 amide bonds. The molecule has 154 valence electrons. The predicted molar refractivity (Wildman–Crippen MR) is 116 cm³/mol. The second kappa shape index (κ2) is 13.0. The maximum absolute atomic E-state index is 11.6. The largest absolute Gasteiger partial charge is 0.465 e. The van der Waals surface area contributed by atoms with Gasteiger partial charge in [-0.15, -0.1) is 24.0 Å². The number of halogens is 1. The standard InChI is InChI=1S/C19H31N3O4.HI/c1-14-17(18(23)24-3)12-16(26-14)13-22-19(20-2)21-10-7-11-25-15-8-5-4-6-9-15;/h12,15H,4-11,13H2,1-3H3,(H2,20,21,22);1H. The quantitative estimate of drug-likeness (QED) is 0.190. The average molecular weight is 493 g/mol. The third kappa shape index (κ3) is 8.08. The van der Waals surface area contributed by atoms with E-state index in [4.69, 9.17) is 13.9 Å². The molecule has 1 aromatic heterocycles. The molecule has 27 heavy (non-hydrogen) atoms. The number of hydrogen-bond donors (Lipinski definition) is 2. The molecule has 0 spiro atoms. The Morgan fingerprint density at radius 3 is 2.70 bits per heavy atom. The smallest absolute Gasteiger partial charge is 0.341 e. The first-order valence-electron chi connectivity index (χ1n) is 9.37. The molecule has 0 aromatic carbocycles. The SMILES string of the molecule is CN=C(NCCCOC1CCCCC1)NCc1cc(C(=O)OC)c(C)o1.I. The van der Waals surface area contributed by atoms with Crippen molar-refractivity contribution in [3.63, 3.8) is 0 Å². The summed E-state index contributed by atoms with van der Waals surface area (Å²) >= 11 is 0. The summed E-state index contributed by atoms with van der Waals surface area (Å²) in [5, 5.41) is 6.43. The van der Waals surface area contributed by atoms with Crippen molar-refractivity contribution < 1.29 is 18.7 Å². The van der Waals surface area contributed by atoms with E-state index in [9.17, 15) is 4.79 Å². The van der Waals surface area contributed by atoms with Crippen LogP contribution in [-0.4, -0.2) is 45.3 Å². The minimum atomic E-state index is -0.391.